The Morgan fingerprint density at radius 1 is 0.960 bits per heavy atom. The van der Waals surface area contributed by atoms with E-state index in [1.807, 2.05) is 0 Å². The van der Waals surface area contributed by atoms with Crippen molar-refractivity contribution in [1.82, 2.24) is 0 Å². The van der Waals surface area contributed by atoms with Gasteiger partial charge in [-0.3, -0.25) is 4.79 Å². The van der Waals surface area contributed by atoms with Crippen LogP contribution in [0.4, 0.5) is 0 Å². The van der Waals surface area contributed by atoms with E-state index in [-0.39, 0.29) is 6.61 Å². The molecule has 2 aliphatic rings. The molecule has 0 spiro atoms. The number of hydrogen-bond acceptors (Lipinski definition) is 6. The van der Waals surface area contributed by atoms with E-state index in [9.17, 15) is 14.4 Å². The molecule has 6 nitrogen and oxygen atoms in total. The Kier molecular flexibility index (Phi) is 6.56. The van der Waals surface area contributed by atoms with Gasteiger partial charge in [-0.15, -0.1) is 0 Å². The van der Waals surface area contributed by atoms with Crippen LogP contribution in [-0.2, 0) is 28.6 Å². The molecule has 0 atom stereocenters. The molecule has 0 aliphatic heterocycles. The molecule has 0 N–H and O–H groups in total. The summed E-state index contributed by atoms with van der Waals surface area (Å²) in [6.07, 6.45) is 7.44. The van der Waals surface area contributed by atoms with Gasteiger partial charge in [0.15, 0.2) is 0 Å². The van der Waals surface area contributed by atoms with Crippen LogP contribution < -0.4 is 0 Å². The smallest absolute Gasteiger partial charge is 0.334 e. The minimum Gasteiger partial charge on any atom is -0.466 e. The third-order valence-electron chi connectivity index (χ3n) is 4.52. The number of allylic oxidation sites excluding steroid dienone is 4. The molecule has 136 valence electrons. The molecule has 2 aliphatic carbocycles. The van der Waals surface area contributed by atoms with Crippen LogP contribution in [0.1, 0.15) is 39.0 Å². The van der Waals surface area contributed by atoms with Gasteiger partial charge in [0, 0.05) is 24.0 Å². The topological polar surface area (TPSA) is 78.9 Å². The Morgan fingerprint density at radius 2 is 1.44 bits per heavy atom. The summed E-state index contributed by atoms with van der Waals surface area (Å²) in [5.74, 6) is -1.75. The number of rotatable bonds is 5. The first-order valence-corrected chi connectivity index (χ1v) is 8.42. The third-order valence-corrected chi connectivity index (χ3v) is 4.52. The normalized spacial score (nSPS) is 19.0. The fourth-order valence-corrected chi connectivity index (χ4v) is 3.51. The minimum absolute atomic E-state index is 0.125. The van der Waals surface area contributed by atoms with Gasteiger partial charge < -0.3 is 14.2 Å². The summed E-state index contributed by atoms with van der Waals surface area (Å²) in [5, 5.41) is 0. The van der Waals surface area contributed by atoms with Crippen LogP contribution in [0.25, 0.3) is 0 Å². The summed E-state index contributed by atoms with van der Waals surface area (Å²) in [4.78, 5) is 36.0. The van der Waals surface area contributed by atoms with Crippen LogP contribution in [0.2, 0.25) is 0 Å². The molecule has 0 heterocycles. The van der Waals surface area contributed by atoms with E-state index in [1.54, 1.807) is 0 Å². The SMILES string of the molecule is COC(=O)C1=C2CC/C=C/CCC2=C(C(=O)OC)C1CCOC(C)=O. The lowest BCUT2D eigenvalue weighted by molar-refractivity contribution is -0.141. The molecular formula is C19H24O6. The third kappa shape index (κ3) is 4.18. The molecule has 0 radical (unpaired) electrons. The fourth-order valence-electron chi connectivity index (χ4n) is 3.51. The second-order valence-corrected chi connectivity index (χ2v) is 6.00. The van der Waals surface area contributed by atoms with Crippen molar-refractivity contribution in [2.75, 3.05) is 20.8 Å². The highest BCUT2D eigenvalue weighted by atomic mass is 16.5. The molecule has 0 aromatic carbocycles. The number of hydrogen-bond donors (Lipinski definition) is 0. The molecule has 0 amide bonds. The number of fused-ring (bicyclic) bond motifs is 1. The zero-order valence-electron chi connectivity index (χ0n) is 14.9. The van der Waals surface area contributed by atoms with Crippen molar-refractivity contribution in [2.45, 2.75) is 39.0 Å². The van der Waals surface area contributed by atoms with Gasteiger partial charge in [0.2, 0.25) is 0 Å². The molecular weight excluding hydrogens is 324 g/mol. The second-order valence-electron chi connectivity index (χ2n) is 6.00. The first-order valence-electron chi connectivity index (χ1n) is 8.42. The summed E-state index contributed by atoms with van der Waals surface area (Å²) in [6, 6.07) is 0. The van der Waals surface area contributed by atoms with E-state index in [0.29, 0.717) is 30.4 Å². The van der Waals surface area contributed by atoms with Gasteiger partial charge in [0.05, 0.1) is 20.8 Å². The maximum atomic E-state index is 12.4. The quantitative estimate of drug-likeness (QED) is 0.432. The molecule has 6 heteroatoms. The van der Waals surface area contributed by atoms with Crippen LogP contribution in [0, 0.1) is 5.92 Å². The summed E-state index contributed by atoms with van der Waals surface area (Å²) in [7, 11) is 2.66. The van der Waals surface area contributed by atoms with Gasteiger partial charge in [-0.25, -0.2) is 9.59 Å². The first-order chi connectivity index (χ1) is 12.0. The van der Waals surface area contributed by atoms with E-state index >= 15 is 0 Å². The monoisotopic (exact) mass is 348 g/mol. The summed E-state index contributed by atoms with van der Waals surface area (Å²) in [6.45, 7) is 1.45. The molecule has 0 saturated heterocycles. The van der Waals surface area contributed by atoms with Crippen molar-refractivity contribution in [3.8, 4) is 0 Å². The van der Waals surface area contributed by atoms with Gasteiger partial charge in [-0.1, -0.05) is 12.2 Å². The van der Waals surface area contributed by atoms with E-state index in [1.165, 1.54) is 21.1 Å². The zero-order chi connectivity index (χ0) is 18.4. The van der Waals surface area contributed by atoms with Gasteiger partial charge in [0.25, 0.3) is 0 Å². The average Bonchev–Trinajstić information content (AvgIpc) is 2.85. The Labute approximate surface area is 147 Å². The zero-order valence-corrected chi connectivity index (χ0v) is 14.9. The number of carbonyl (C=O) groups excluding carboxylic acids is 3. The molecule has 0 fully saturated rings. The van der Waals surface area contributed by atoms with Crippen molar-refractivity contribution < 1.29 is 28.6 Å². The lowest BCUT2D eigenvalue weighted by atomic mass is 9.91. The average molecular weight is 348 g/mol. The fraction of sp³-hybridized carbons (Fsp3) is 0.526. The highest BCUT2D eigenvalue weighted by Crippen LogP contribution is 2.45. The Balaban J connectivity index is 2.47. The molecule has 0 unspecified atom stereocenters. The largest absolute Gasteiger partial charge is 0.466 e. The molecule has 25 heavy (non-hydrogen) atoms. The predicted octanol–water partition coefficient (Wildman–Crippen LogP) is 2.64. The van der Waals surface area contributed by atoms with Crippen molar-refractivity contribution in [3.63, 3.8) is 0 Å². The second kappa shape index (κ2) is 8.65. The Bertz CT molecular complexity index is 607. The highest BCUT2D eigenvalue weighted by Gasteiger charge is 2.40. The summed E-state index contributed by atoms with van der Waals surface area (Å²) >= 11 is 0. The van der Waals surface area contributed by atoms with Crippen molar-refractivity contribution >= 4 is 17.9 Å². The number of methoxy groups -OCH3 is 2. The molecule has 2 rings (SSSR count). The molecule has 0 aromatic rings. The minimum atomic E-state index is -0.470. The van der Waals surface area contributed by atoms with Gasteiger partial charge >= 0.3 is 17.9 Å². The predicted molar refractivity (Wildman–Crippen MR) is 90.4 cm³/mol. The number of esters is 3. The molecule has 0 aromatic heterocycles. The molecule has 0 bridgehead atoms. The molecule has 0 saturated carbocycles. The maximum Gasteiger partial charge on any atom is 0.334 e. The van der Waals surface area contributed by atoms with Crippen LogP contribution in [0.15, 0.2) is 34.4 Å². The summed E-state index contributed by atoms with van der Waals surface area (Å²) < 4.78 is 15.0. The van der Waals surface area contributed by atoms with Gasteiger partial charge in [-0.2, -0.15) is 0 Å². The first kappa shape index (κ1) is 19.0. The highest BCUT2D eigenvalue weighted by molar-refractivity contribution is 6.01. The Morgan fingerprint density at radius 3 is 1.84 bits per heavy atom. The van der Waals surface area contributed by atoms with Crippen molar-refractivity contribution in [1.29, 1.82) is 0 Å². The number of ether oxygens (including phenoxy) is 3. The number of carbonyl (C=O) groups is 3. The summed E-state index contributed by atoms with van der Waals surface area (Å²) in [5.41, 5.74) is 2.76. The van der Waals surface area contributed by atoms with E-state index in [0.717, 1.165) is 24.0 Å². The lowest BCUT2D eigenvalue weighted by Gasteiger charge is -2.17. The van der Waals surface area contributed by atoms with Crippen LogP contribution in [0.5, 0.6) is 0 Å². The lowest BCUT2D eigenvalue weighted by Crippen LogP contribution is -2.21. The van der Waals surface area contributed by atoms with Crippen molar-refractivity contribution in [2.24, 2.45) is 5.92 Å². The van der Waals surface area contributed by atoms with E-state index in [2.05, 4.69) is 12.2 Å². The Hall–Kier alpha value is -2.37. The van der Waals surface area contributed by atoms with E-state index < -0.39 is 23.8 Å². The maximum absolute atomic E-state index is 12.4. The van der Waals surface area contributed by atoms with Crippen LogP contribution >= 0.6 is 0 Å². The van der Waals surface area contributed by atoms with Crippen molar-refractivity contribution in [3.05, 3.63) is 34.4 Å². The van der Waals surface area contributed by atoms with Gasteiger partial charge in [-0.05, 0) is 43.3 Å². The van der Waals surface area contributed by atoms with Crippen LogP contribution in [0.3, 0.4) is 0 Å². The van der Waals surface area contributed by atoms with E-state index in [4.69, 9.17) is 14.2 Å². The van der Waals surface area contributed by atoms with Gasteiger partial charge in [0.1, 0.15) is 0 Å². The standard InChI is InChI=1S/C19H24O6/c1-12(20)25-11-10-15-16(18(21)23-2)13-8-6-4-5-7-9-14(13)17(15)19(22)24-3/h4-5,15H,6-11H2,1-3H3/b5-4+. The van der Waals surface area contributed by atoms with Crippen LogP contribution in [-0.4, -0.2) is 38.7 Å².